The zero-order valence-corrected chi connectivity index (χ0v) is 12.3. The van der Waals surface area contributed by atoms with Crippen molar-refractivity contribution in [3.05, 3.63) is 65.2 Å². The number of halogens is 2. The lowest BCUT2D eigenvalue weighted by atomic mass is 9.96. The minimum absolute atomic E-state index is 0.00716. The molecule has 1 aliphatic rings. The Labute approximate surface area is 132 Å². The van der Waals surface area contributed by atoms with Crippen LogP contribution in [0.1, 0.15) is 17.5 Å². The van der Waals surface area contributed by atoms with Gasteiger partial charge in [-0.1, -0.05) is 30.3 Å². The quantitative estimate of drug-likeness (QED) is 0.815. The fourth-order valence-electron chi connectivity index (χ4n) is 2.85. The monoisotopic (exact) mass is 318 g/mol. The molecule has 1 atom stereocenters. The van der Waals surface area contributed by atoms with E-state index in [1.54, 1.807) is 0 Å². The largest absolute Gasteiger partial charge is 0.383 e. The molecular formula is C17H16F2N2O2. The van der Waals surface area contributed by atoms with E-state index in [0.717, 1.165) is 23.6 Å². The number of hydrogen-bond acceptors (Lipinski definition) is 2. The highest BCUT2D eigenvalue weighted by molar-refractivity contribution is 5.89. The zero-order chi connectivity index (χ0) is 16.4. The van der Waals surface area contributed by atoms with E-state index < -0.39 is 23.3 Å². The molecule has 0 saturated heterocycles. The number of fused-ring (bicyclic) bond motifs is 1. The smallest absolute Gasteiger partial charge is 0.319 e. The summed E-state index contributed by atoms with van der Waals surface area (Å²) in [6.07, 6.45) is 1.23. The average molecular weight is 318 g/mol. The number of aliphatic hydroxyl groups is 1. The van der Waals surface area contributed by atoms with Crippen molar-refractivity contribution in [3.63, 3.8) is 0 Å². The highest BCUT2D eigenvalue weighted by atomic mass is 19.2. The highest BCUT2D eigenvalue weighted by Gasteiger charge is 2.36. The molecule has 3 N–H and O–H groups in total. The van der Waals surface area contributed by atoms with E-state index in [4.69, 9.17) is 0 Å². The van der Waals surface area contributed by atoms with Crippen LogP contribution in [0.15, 0.2) is 42.5 Å². The van der Waals surface area contributed by atoms with Crippen LogP contribution in [0.25, 0.3) is 0 Å². The Morgan fingerprint density at radius 1 is 1.17 bits per heavy atom. The van der Waals surface area contributed by atoms with E-state index >= 15 is 0 Å². The third kappa shape index (κ3) is 3.03. The van der Waals surface area contributed by atoms with Gasteiger partial charge in [-0.3, -0.25) is 0 Å². The molecule has 0 unspecified atom stereocenters. The summed E-state index contributed by atoms with van der Waals surface area (Å²) >= 11 is 0. The van der Waals surface area contributed by atoms with Crippen LogP contribution in [0.2, 0.25) is 0 Å². The summed E-state index contributed by atoms with van der Waals surface area (Å²) in [6.45, 7) is -0.00716. The Kier molecular flexibility index (Phi) is 4.00. The molecule has 120 valence electrons. The molecule has 0 spiro atoms. The van der Waals surface area contributed by atoms with Gasteiger partial charge in [0.1, 0.15) is 5.60 Å². The van der Waals surface area contributed by atoms with Crippen molar-refractivity contribution >= 4 is 11.7 Å². The molecule has 3 rings (SSSR count). The van der Waals surface area contributed by atoms with Crippen LogP contribution in [0, 0.1) is 11.6 Å². The first kappa shape index (κ1) is 15.4. The van der Waals surface area contributed by atoms with Crippen LogP contribution in [0.5, 0.6) is 0 Å². The molecule has 2 aromatic rings. The van der Waals surface area contributed by atoms with Gasteiger partial charge in [0, 0.05) is 0 Å². The third-order valence-corrected chi connectivity index (χ3v) is 4.07. The fraction of sp³-hybridized carbons (Fsp3) is 0.235. The van der Waals surface area contributed by atoms with Crippen molar-refractivity contribution in [3.8, 4) is 0 Å². The first-order valence-corrected chi connectivity index (χ1v) is 7.29. The Balaban J connectivity index is 1.65. The molecule has 0 aromatic heterocycles. The number of aryl methyl sites for hydroxylation is 1. The highest BCUT2D eigenvalue weighted by Crippen LogP contribution is 2.36. The topological polar surface area (TPSA) is 61.4 Å². The van der Waals surface area contributed by atoms with Crippen molar-refractivity contribution in [2.24, 2.45) is 0 Å². The fourth-order valence-corrected chi connectivity index (χ4v) is 2.85. The van der Waals surface area contributed by atoms with E-state index in [1.165, 1.54) is 12.1 Å². The molecule has 2 aromatic carbocycles. The minimum Gasteiger partial charge on any atom is -0.383 e. The Morgan fingerprint density at radius 3 is 2.78 bits per heavy atom. The normalized spacial score (nSPS) is 19.3. The van der Waals surface area contributed by atoms with E-state index in [2.05, 4.69) is 10.6 Å². The molecule has 4 nitrogen and oxygen atoms in total. The van der Waals surface area contributed by atoms with Gasteiger partial charge in [-0.05, 0) is 36.1 Å². The van der Waals surface area contributed by atoms with Crippen molar-refractivity contribution < 1.29 is 18.7 Å². The maximum Gasteiger partial charge on any atom is 0.319 e. The summed E-state index contributed by atoms with van der Waals surface area (Å²) < 4.78 is 26.6. The van der Waals surface area contributed by atoms with E-state index in [-0.39, 0.29) is 12.2 Å². The van der Waals surface area contributed by atoms with Gasteiger partial charge in [0.15, 0.2) is 11.6 Å². The second-order valence-corrected chi connectivity index (χ2v) is 5.60. The number of rotatable bonds is 3. The van der Waals surface area contributed by atoms with Crippen LogP contribution < -0.4 is 10.6 Å². The molecule has 0 saturated carbocycles. The molecule has 0 bridgehead atoms. The van der Waals surface area contributed by atoms with Crippen LogP contribution >= 0.6 is 0 Å². The van der Waals surface area contributed by atoms with Gasteiger partial charge in [0.05, 0.1) is 12.2 Å². The second kappa shape index (κ2) is 5.96. The number of nitrogens with one attached hydrogen (secondary N) is 2. The van der Waals surface area contributed by atoms with Crippen LogP contribution in [0.4, 0.5) is 19.3 Å². The molecule has 0 fully saturated rings. The summed E-state index contributed by atoms with van der Waals surface area (Å²) in [5.41, 5.74) is 0.445. The maximum atomic E-state index is 13.5. The molecule has 2 amide bonds. The van der Waals surface area contributed by atoms with Crippen molar-refractivity contribution in [2.45, 2.75) is 18.4 Å². The van der Waals surface area contributed by atoms with Crippen LogP contribution in [0.3, 0.4) is 0 Å². The molecule has 6 heteroatoms. The summed E-state index contributed by atoms with van der Waals surface area (Å²) in [5, 5.41) is 15.4. The number of anilines is 1. The van der Waals surface area contributed by atoms with E-state index in [1.807, 2.05) is 24.3 Å². The summed E-state index contributed by atoms with van der Waals surface area (Å²) in [4.78, 5) is 11.9. The van der Waals surface area contributed by atoms with Crippen LogP contribution in [-0.2, 0) is 12.0 Å². The number of carbonyl (C=O) groups excluding carboxylic acids is 1. The summed E-state index contributed by atoms with van der Waals surface area (Å²) in [6, 6.07) is 10.3. The predicted octanol–water partition coefficient (Wildman–Crippen LogP) is 2.92. The molecule has 0 aliphatic heterocycles. The van der Waals surface area contributed by atoms with Gasteiger partial charge < -0.3 is 15.7 Å². The molecule has 1 aliphatic carbocycles. The Hall–Kier alpha value is -2.47. The number of carbonyl (C=O) groups is 1. The Bertz CT molecular complexity index is 751. The van der Waals surface area contributed by atoms with E-state index in [9.17, 15) is 18.7 Å². The number of hydrogen-bond donors (Lipinski definition) is 3. The first-order valence-electron chi connectivity index (χ1n) is 7.29. The minimum atomic E-state index is -1.14. The summed E-state index contributed by atoms with van der Waals surface area (Å²) in [5.74, 6) is -2.15. The summed E-state index contributed by atoms with van der Waals surface area (Å²) in [7, 11) is 0. The average Bonchev–Trinajstić information content (AvgIpc) is 2.88. The molecular weight excluding hydrogens is 302 g/mol. The third-order valence-electron chi connectivity index (χ3n) is 4.07. The zero-order valence-electron chi connectivity index (χ0n) is 12.3. The standard InChI is InChI=1S/C17H16F2N2O2/c18-13-6-3-7-14(15(13)19)21-16(22)20-10-17(23)9-8-11-4-1-2-5-12(11)17/h1-7,23H,8-10H2,(H2,20,21,22)/t17-/m0/s1. The van der Waals surface area contributed by atoms with Crippen molar-refractivity contribution in [1.29, 1.82) is 0 Å². The lowest BCUT2D eigenvalue weighted by Crippen LogP contribution is -2.41. The molecule has 0 heterocycles. The number of urea groups is 1. The van der Waals surface area contributed by atoms with Gasteiger partial charge in [0.25, 0.3) is 0 Å². The maximum absolute atomic E-state index is 13.5. The molecule has 0 radical (unpaired) electrons. The van der Waals surface area contributed by atoms with Crippen molar-refractivity contribution in [2.75, 3.05) is 11.9 Å². The van der Waals surface area contributed by atoms with Gasteiger partial charge in [-0.25, -0.2) is 13.6 Å². The van der Waals surface area contributed by atoms with Crippen LogP contribution in [-0.4, -0.2) is 17.7 Å². The van der Waals surface area contributed by atoms with Gasteiger partial charge in [-0.15, -0.1) is 0 Å². The SMILES string of the molecule is O=C(NC[C@@]1(O)CCc2ccccc21)Nc1cccc(F)c1F. The van der Waals surface area contributed by atoms with Gasteiger partial charge in [-0.2, -0.15) is 0 Å². The molecule has 23 heavy (non-hydrogen) atoms. The Morgan fingerprint density at radius 2 is 1.96 bits per heavy atom. The lowest BCUT2D eigenvalue weighted by molar-refractivity contribution is 0.0417. The second-order valence-electron chi connectivity index (χ2n) is 5.60. The number of amides is 2. The predicted molar refractivity (Wildman–Crippen MR) is 82.0 cm³/mol. The first-order chi connectivity index (χ1) is 11.0. The lowest BCUT2D eigenvalue weighted by Gasteiger charge is -2.24. The van der Waals surface area contributed by atoms with Gasteiger partial charge >= 0.3 is 6.03 Å². The van der Waals surface area contributed by atoms with E-state index in [0.29, 0.717) is 6.42 Å². The number of benzene rings is 2. The van der Waals surface area contributed by atoms with Gasteiger partial charge in [0.2, 0.25) is 0 Å². The van der Waals surface area contributed by atoms with Crippen molar-refractivity contribution in [1.82, 2.24) is 5.32 Å².